The van der Waals surface area contributed by atoms with Gasteiger partial charge in [0.1, 0.15) is 5.75 Å². The number of aryl methyl sites for hydroxylation is 2. The summed E-state index contributed by atoms with van der Waals surface area (Å²) in [6.45, 7) is 0. The predicted molar refractivity (Wildman–Crippen MR) is 122 cm³/mol. The van der Waals surface area contributed by atoms with Crippen LogP contribution in [0.4, 0.5) is 5.69 Å². The molecule has 4 aromatic carbocycles. The number of amides is 1. The van der Waals surface area contributed by atoms with Crippen LogP contribution in [-0.4, -0.2) is 17.2 Å². The third kappa shape index (κ3) is 4.08. The maximum Gasteiger partial charge on any atom is 0.248 e. The highest BCUT2D eigenvalue weighted by Crippen LogP contribution is 2.27. The second-order valence-corrected chi connectivity index (χ2v) is 7.13. The van der Waals surface area contributed by atoms with Gasteiger partial charge in [-0.15, -0.1) is 0 Å². The maximum atomic E-state index is 11.7. The Balaban J connectivity index is 1.62. The van der Waals surface area contributed by atoms with Gasteiger partial charge in [-0.05, 0) is 52.9 Å². The fourth-order valence-electron chi connectivity index (χ4n) is 3.65. The Hall–Kier alpha value is -3.92. The minimum absolute atomic E-state index is 0.199. The number of benzene rings is 4. The Kier molecular flexibility index (Phi) is 5.57. The standard InChI is InChI=1S/C26H22N2O2/c27-26(30)22-11-5-2-8-19(22)13-14-20-9-3-6-12-24(20)28-17-23-21-10-4-1-7-18(21)15-16-25(23)29/h1-12,15-17,29H,13-14H2,(H2,27,30). The maximum absolute atomic E-state index is 11.7. The van der Waals surface area contributed by atoms with Gasteiger partial charge >= 0.3 is 0 Å². The topological polar surface area (TPSA) is 75.7 Å². The van der Waals surface area contributed by atoms with Gasteiger partial charge in [-0.1, -0.05) is 66.7 Å². The third-order valence-corrected chi connectivity index (χ3v) is 5.22. The Labute approximate surface area is 175 Å². The van der Waals surface area contributed by atoms with Gasteiger partial charge in [-0.2, -0.15) is 0 Å². The molecular weight excluding hydrogens is 372 g/mol. The van der Waals surface area contributed by atoms with E-state index in [-0.39, 0.29) is 5.75 Å². The SMILES string of the molecule is NC(=O)c1ccccc1CCc1ccccc1N=Cc1c(O)ccc2ccccc12. The fraction of sp³-hybridized carbons (Fsp3) is 0.0769. The minimum Gasteiger partial charge on any atom is -0.507 e. The number of para-hydroxylation sites is 1. The molecule has 0 aliphatic heterocycles. The van der Waals surface area contributed by atoms with Crippen molar-refractivity contribution in [2.75, 3.05) is 0 Å². The van der Waals surface area contributed by atoms with Crippen molar-refractivity contribution in [2.24, 2.45) is 10.7 Å². The van der Waals surface area contributed by atoms with E-state index in [9.17, 15) is 9.90 Å². The summed E-state index contributed by atoms with van der Waals surface area (Å²) in [6, 6.07) is 26.8. The molecule has 0 spiro atoms. The molecule has 3 N–H and O–H groups in total. The first kappa shape index (κ1) is 19.4. The van der Waals surface area contributed by atoms with E-state index in [1.54, 1.807) is 18.3 Å². The normalized spacial score (nSPS) is 11.2. The number of rotatable bonds is 6. The zero-order valence-corrected chi connectivity index (χ0v) is 16.5. The van der Waals surface area contributed by atoms with Crippen LogP contribution in [0.15, 0.2) is 89.9 Å². The van der Waals surface area contributed by atoms with Crippen molar-refractivity contribution in [1.82, 2.24) is 0 Å². The van der Waals surface area contributed by atoms with Crippen LogP contribution in [0, 0.1) is 0 Å². The first-order chi connectivity index (χ1) is 14.6. The molecule has 0 aliphatic carbocycles. The lowest BCUT2D eigenvalue weighted by atomic mass is 9.98. The number of aromatic hydroxyl groups is 1. The number of fused-ring (bicyclic) bond motifs is 1. The lowest BCUT2D eigenvalue weighted by Gasteiger charge is -2.09. The molecule has 0 unspecified atom stereocenters. The number of carbonyl (C=O) groups excluding carboxylic acids is 1. The highest BCUT2D eigenvalue weighted by Gasteiger charge is 2.09. The average molecular weight is 394 g/mol. The lowest BCUT2D eigenvalue weighted by molar-refractivity contribution is 0.0999. The van der Waals surface area contributed by atoms with Crippen molar-refractivity contribution < 1.29 is 9.90 Å². The van der Waals surface area contributed by atoms with E-state index in [1.165, 1.54) is 0 Å². The molecule has 4 rings (SSSR count). The molecule has 0 heterocycles. The van der Waals surface area contributed by atoms with Crippen molar-refractivity contribution in [2.45, 2.75) is 12.8 Å². The number of phenolic OH excluding ortho intramolecular Hbond substituents is 1. The molecule has 148 valence electrons. The second-order valence-electron chi connectivity index (χ2n) is 7.13. The molecule has 30 heavy (non-hydrogen) atoms. The van der Waals surface area contributed by atoms with Crippen molar-refractivity contribution in [3.8, 4) is 5.75 Å². The Morgan fingerprint density at radius 1 is 0.833 bits per heavy atom. The van der Waals surface area contributed by atoms with Crippen LogP contribution < -0.4 is 5.73 Å². The van der Waals surface area contributed by atoms with Gasteiger partial charge in [-0.25, -0.2) is 0 Å². The van der Waals surface area contributed by atoms with Gasteiger partial charge in [0.2, 0.25) is 5.91 Å². The molecule has 4 aromatic rings. The van der Waals surface area contributed by atoms with Crippen molar-refractivity contribution in [3.63, 3.8) is 0 Å². The van der Waals surface area contributed by atoms with E-state index in [0.29, 0.717) is 17.5 Å². The fourth-order valence-corrected chi connectivity index (χ4v) is 3.65. The summed E-state index contributed by atoms with van der Waals surface area (Å²) in [5, 5.41) is 12.4. The highest BCUT2D eigenvalue weighted by atomic mass is 16.3. The largest absolute Gasteiger partial charge is 0.507 e. The molecule has 4 heteroatoms. The van der Waals surface area contributed by atoms with E-state index in [0.717, 1.165) is 34.0 Å². The van der Waals surface area contributed by atoms with Crippen LogP contribution in [-0.2, 0) is 12.8 Å². The number of carbonyl (C=O) groups is 1. The van der Waals surface area contributed by atoms with E-state index in [2.05, 4.69) is 4.99 Å². The van der Waals surface area contributed by atoms with Gasteiger partial charge < -0.3 is 10.8 Å². The van der Waals surface area contributed by atoms with Gasteiger partial charge in [0.25, 0.3) is 0 Å². The quantitative estimate of drug-likeness (QED) is 0.442. The van der Waals surface area contributed by atoms with Crippen molar-refractivity contribution in [1.29, 1.82) is 0 Å². The minimum atomic E-state index is -0.414. The first-order valence-corrected chi connectivity index (χ1v) is 9.84. The summed E-state index contributed by atoms with van der Waals surface area (Å²) in [7, 11) is 0. The van der Waals surface area contributed by atoms with E-state index >= 15 is 0 Å². The number of phenols is 1. The summed E-state index contributed by atoms with van der Waals surface area (Å²) in [4.78, 5) is 16.4. The Bertz CT molecular complexity index is 1240. The van der Waals surface area contributed by atoms with Crippen LogP contribution in [0.25, 0.3) is 10.8 Å². The number of hydrogen-bond acceptors (Lipinski definition) is 3. The zero-order valence-electron chi connectivity index (χ0n) is 16.5. The van der Waals surface area contributed by atoms with Crippen LogP contribution in [0.1, 0.15) is 27.0 Å². The molecule has 0 saturated heterocycles. The van der Waals surface area contributed by atoms with Crippen LogP contribution in [0.2, 0.25) is 0 Å². The summed E-state index contributed by atoms with van der Waals surface area (Å²) >= 11 is 0. The molecule has 0 fully saturated rings. The molecule has 1 amide bonds. The monoisotopic (exact) mass is 394 g/mol. The molecule has 0 radical (unpaired) electrons. The smallest absolute Gasteiger partial charge is 0.248 e. The van der Waals surface area contributed by atoms with Gasteiger partial charge in [0, 0.05) is 17.3 Å². The molecule has 0 bridgehead atoms. The van der Waals surface area contributed by atoms with E-state index in [1.807, 2.05) is 72.8 Å². The number of aliphatic imine (C=N–C) groups is 1. The number of primary amides is 1. The molecule has 0 atom stereocenters. The Morgan fingerprint density at radius 3 is 2.33 bits per heavy atom. The zero-order chi connectivity index (χ0) is 20.9. The van der Waals surface area contributed by atoms with Gasteiger partial charge in [-0.3, -0.25) is 9.79 Å². The highest BCUT2D eigenvalue weighted by molar-refractivity contribution is 6.03. The third-order valence-electron chi connectivity index (χ3n) is 5.22. The molecule has 4 nitrogen and oxygen atoms in total. The average Bonchev–Trinajstić information content (AvgIpc) is 2.77. The lowest BCUT2D eigenvalue weighted by Crippen LogP contribution is -2.13. The summed E-state index contributed by atoms with van der Waals surface area (Å²) in [6.07, 6.45) is 3.12. The number of hydrogen-bond donors (Lipinski definition) is 2. The second kappa shape index (κ2) is 8.62. The van der Waals surface area contributed by atoms with E-state index < -0.39 is 5.91 Å². The summed E-state index contributed by atoms with van der Waals surface area (Å²) in [5.41, 5.74) is 9.57. The molecule has 0 aliphatic rings. The summed E-state index contributed by atoms with van der Waals surface area (Å²) < 4.78 is 0. The van der Waals surface area contributed by atoms with E-state index in [4.69, 9.17) is 5.73 Å². The molecule has 0 saturated carbocycles. The van der Waals surface area contributed by atoms with Gasteiger partial charge in [0.15, 0.2) is 0 Å². The van der Waals surface area contributed by atoms with Crippen molar-refractivity contribution >= 4 is 28.6 Å². The molecular formula is C26H22N2O2. The van der Waals surface area contributed by atoms with Gasteiger partial charge in [0.05, 0.1) is 5.69 Å². The Morgan fingerprint density at radius 2 is 1.50 bits per heavy atom. The van der Waals surface area contributed by atoms with Crippen LogP contribution in [0.5, 0.6) is 5.75 Å². The number of nitrogens with two attached hydrogens (primary N) is 1. The predicted octanol–water partition coefficient (Wildman–Crippen LogP) is 5.18. The first-order valence-electron chi connectivity index (χ1n) is 9.84. The number of nitrogens with zero attached hydrogens (tertiary/aromatic N) is 1. The van der Waals surface area contributed by atoms with Crippen molar-refractivity contribution in [3.05, 3.63) is 107 Å². The van der Waals surface area contributed by atoms with Crippen LogP contribution in [0.3, 0.4) is 0 Å². The summed E-state index contributed by atoms with van der Waals surface area (Å²) in [5.74, 6) is -0.214. The molecule has 0 aromatic heterocycles. The van der Waals surface area contributed by atoms with Crippen LogP contribution >= 0.6 is 0 Å².